The first kappa shape index (κ1) is 19.1. The van der Waals surface area contributed by atoms with Gasteiger partial charge in [0.05, 0.1) is 10.4 Å². The Kier molecular flexibility index (Phi) is 4.70. The number of pyridine rings is 1. The Labute approximate surface area is 180 Å². The maximum atomic E-state index is 13.2. The molecule has 0 unspecified atom stereocenters. The van der Waals surface area contributed by atoms with E-state index >= 15 is 0 Å². The monoisotopic (exact) mass is 415 g/mol. The maximum absolute atomic E-state index is 13.2. The molecule has 1 fully saturated rings. The first-order valence-electron chi connectivity index (χ1n) is 10.4. The van der Waals surface area contributed by atoms with Gasteiger partial charge in [-0.1, -0.05) is 29.8 Å². The maximum Gasteiger partial charge on any atom is 0.264 e. The van der Waals surface area contributed by atoms with Gasteiger partial charge in [0.1, 0.15) is 4.83 Å². The Morgan fingerprint density at radius 3 is 2.50 bits per heavy atom. The van der Waals surface area contributed by atoms with Gasteiger partial charge in [0, 0.05) is 42.1 Å². The molecule has 2 aromatic carbocycles. The van der Waals surface area contributed by atoms with E-state index in [1.165, 1.54) is 28.2 Å². The highest BCUT2D eigenvalue weighted by molar-refractivity contribution is 7.20. The van der Waals surface area contributed by atoms with Crippen LogP contribution < -0.4 is 4.90 Å². The van der Waals surface area contributed by atoms with Gasteiger partial charge >= 0.3 is 0 Å². The van der Waals surface area contributed by atoms with Crippen molar-refractivity contribution in [1.82, 2.24) is 9.88 Å². The molecular weight excluding hydrogens is 390 g/mol. The van der Waals surface area contributed by atoms with Gasteiger partial charge in [0.2, 0.25) is 0 Å². The van der Waals surface area contributed by atoms with Gasteiger partial charge in [0.25, 0.3) is 5.91 Å². The van der Waals surface area contributed by atoms with E-state index in [0.717, 1.165) is 45.6 Å². The molecule has 1 aliphatic rings. The fourth-order valence-electron chi connectivity index (χ4n) is 4.26. The minimum atomic E-state index is 0.119. The SMILES string of the molecule is Cc1ccc(N2CCN(C(=O)c3cc4cc5ccc(C)cc5nc4s3)C[C@H]2C)cc1. The van der Waals surface area contributed by atoms with Gasteiger partial charge in [-0.2, -0.15) is 0 Å². The number of fused-ring (bicyclic) bond motifs is 2. The number of nitrogens with zero attached hydrogens (tertiary/aromatic N) is 3. The predicted octanol–water partition coefficient (Wildman–Crippen LogP) is 5.42. The second kappa shape index (κ2) is 7.40. The standard InChI is InChI=1S/C25H25N3OS/c1-16-5-8-21(9-6-16)28-11-10-27(15-18(28)3)25(29)23-14-20-13-19-7-4-17(2)12-22(19)26-24(20)30-23/h4-9,12-14,18H,10-11,15H2,1-3H3/t18-/m1/s1. The van der Waals surface area contributed by atoms with Crippen LogP contribution in [-0.4, -0.2) is 41.5 Å². The molecule has 152 valence electrons. The second-order valence-corrected chi connectivity index (χ2v) is 9.35. The number of rotatable bonds is 2. The van der Waals surface area contributed by atoms with Crippen LogP contribution in [0.4, 0.5) is 5.69 Å². The van der Waals surface area contributed by atoms with E-state index < -0.39 is 0 Å². The van der Waals surface area contributed by atoms with Crippen LogP contribution >= 0.6 is 11.3 Å². The lowest BCUT2D eigenvalue weighted by Crippen LogP contribution is -2.53. The molecule has 1 saturated heterocycles. The first-order chi connectivity index (χ1) is 14.5. The molecule has 0 N–H and O–H groups in total. The van der Waals surface area contributed by atoms with Crippen LogP contribution in [0.25, 0.3) is 21.1 Å². The van der Waals surface area contributed by atoms with Crippen LogP contribution in [0.3, 0.4) is 0 Å². The number of piperazine rings is 1. The fraction of sp³-hybridized carbons (Fsp3) is 0.280. The number of hydrogen-bond acceptors (Lipinski definition) is 4. The van der Waals surface area contributed by atoms with E-state index in [1.807, 2.05) is 11.0 Å². The van der Waals surface area contributed by atoms with Crippen molar-refractivity contribution in [3.63, 3.8) is 0 Å². The summed E-state index contributed by atoms with van der Waals surface area (Å²) in [5.41, 5.74) is 4.68. The largest absolute Gasteiger partial charge is 0.365 e. The van der Waals surface area contributed by atoms with Crippen molar-refractivity contribution < 1.29 is 4.79 Å². The number of benzene rings is 2. The first-order valence-corrected chi connectivity index (χ1v) is 11.2. The van der Waals surface area contributed by atoms with Crippen LogP contribution in [-0.2, 0) is 0 Å². The number of amides is 1. The van der Waals surface area contributed by atoms with Crippen molar-refractivity contribution in [1.29, 1.82) is 0 Å². The lowest BCUT2D eigenvalue weighted by Gasteiger charge is -2.41. The summed E-state index contributed by atoms with van der Waals surface area (Å²) in [6, 6.07) is 19.4. The Balaban J connectivity index is 1.37. The van der Waals surface area contributed by atoms with Gasteiger partial charge in [-0.3, -0.25) is 4.79 Å². The van der Waals surface area contributed by atoms with E-state index in [-0.39, 0.29) is 11.9 Å². The highest BCUT2D eigenvalue weighted by atomic mass is 32.1. The summed E-state index contributed by atoms with van der Waals surface area (Å²) < 4.78 is 0. The Bertz CT molecular complexity index is 1240. The number of hydrogen-bond donors (Lipinski definition) is 0. The van der Waals surface area contributed by atoms with Gasteiger partial charge in [-0.05, 0) is 56.7 Å². The van der Waals surface area contributed by atoms with E-state index in [4.69, 9.17) is 4.98 Å². The average molecular weight is 416 g/mol. The summed E-state index contributed by atoms with van der Waals surface area (Å²) in [5.74, 6) is 0.119. The number of carbonyl (C=O) groups is 1. The summed E-state index contributed by atoms with van der Waals surface area (Å²) in [4.78, 5) is 24.1. The fourth-order valence-corrected chi connectivity index (χ4v) is 5.25. The van der Waals surface area contributed by atoms with Crippen molar-refractivity contribution in [2.75, 3.05) is 24.5 Å². The van der Waals surface area contributed by atoms with Crippen molar-refractivity contribution in [2.45, 2.75) is 26.8 Å². The number of anilines is 1. The molecule has 1 amide bonds. The highest BCUT2D eigenvalue weighted by Crippen LogP contribution is 2.30. The molecule has 4 aromatic rings. The third-order valence-electron chi connectivity index (χ3n) is 5.95. The summed E-state index contributed by atoms with van der Waals surface area (Å²) in [6.45, 7) is 8.69. The third-order valence-corrected chi connectivity index (χ3v) is 6.98. The van der Waals surface area contributed by atoms with Gasteiger partial charge in [-0.15, -0.1) is 11.3 Å². The summed E-state index contributed by atoms with van der Waals surface area (Å²) >= 11 is 1.50. The van der Waals surface area contributed by atoms with Crippen molar-refractivity contribution in [3.8, 4) is 0 Å². The zero-order chi connectivity index (χ0) is 20.8. The quantitative estimate of drug-likeness (QED) is 0.439. The van der Waals surface area contributed by atoms with E-state index in [0.29, 0.717) is 0 Å². The molecule has 5 rings (SSSR count). The Morgan fingerprint density at radius 2 is 1.73 bits per heavy atom. The van der Waals surface area contributed by atoms with Crippen LogP contribution in [0.5, 0.6) is 0 Å². The zero-order valence-electron chi connectivity index (χ0n) is 17.6. The number of thiophene rings is 1. The molecule has 1 aliphatic heterocycles. The number of aryl methyl sites for hydroxylation is 2. The molecule has 2 aromatic heterocycles. The average Bonchev–Trinajstić information content (AvgIpc) is 3.15. The molecule has 0 bridgehead atoms. The highest BCUT2D eigenvalue weighted by Gasteiger charge is 2.28. The molecule has 0 aliphatic carbocycles. The molecular formula is C25H25N3OS. The minimum absolute atomic E-state index is 0.119. The van der Waals surface area contributed by atoms with Crippen LogP contribution in [0.15, 0.2) is 54.6 Å². The molecule has 5 heteroatoms. The lowest BCUT2D eigenvalue weighted by atomic mass is 10.1. The van der Waals surface area contributed by atoms with Crippen LogP contribution in [0, 0.1) is 13.8 Å². The third kappa shape index (κ3) is 3.43. The summed E-state index contributed by atoms with van der Waals surface area (Å²) in [7, 11) is 0. The zero-order valence-corrected chi connectivity index (χ0v) is 18.4. The predicted molar refractivity (Wildman–Crippen MR) is 126 cm³/mol. The lowest BCUT2D eigenvalue weighted by molar-refractivity contribution is 0.0731. The normalized spacial score (nSPS) is 17.1. The van der Waals surface area contributed by atoms with Crippen molar-refractivity contribution in [2.24, 2.45) is 0 Å². The topological polar surface area (TPSA) is 36.4 Å². The minimum Gasteiger partial charge on any atom is -0.365 e. The van der Waals surface area contributed by atoms with Gasteiger partial charge < -0.3 is 9.80 Å². The van der Waals surface area contributed by atoms with Gasteiger partial charge in [-0.25, -0.2) is 4.98 Å². The molecule has 3 heterocycles. The van der Waals surface area contributed by atoms with E-state index in [9.17, 15) is 4.79 Å². The molecule has 30 heavy (non-hydrogen) atoms. The summed E-state index contributed by atoms with van der Waals surface area (Å²) in [6.07, 6.45) is 0. The van der Waals surface area contributed by atoms with Crippen LogP contribution in [0.2, 0.25) is 0 Å². The number of carbonyl (C=O) groups excluding carboxylic acids is 1. The summed E-state index contributed by atoms with van der Waals surface area (Å²) in [5, 5.41) is 2.16. The molecule has 0 radical (unpaired) electrons. The van der Waals surface area contributed by atoms with Crippen molar-refractivity contribution >= 4 is 44.1 Å². The molecule has 0 spiro atoms. The molecule has 0 saturated carbocycles. The number of aromatic nitrogens is 1. The van der Waals surface area contributed by atoms with E-state index in [1.54, 1.807) is 0 Å². The van der Waals surface area contributed by atoms with Gasteiger partial charge in [0.15, 0.2) is 0 Å². The Hall–Kier alpha value is -2.92. The Morgan fingerprint density at radius 1 is 0.967 bits per heavy atom. The molecule has 1 atom stereocenters. The smallest absolute Gasteiger partial charge is 0.264 e. The van der Waals surface area contributed by atoms with E-state index in [2.05, 4.69) is 74.2 Å². The van der Waals surface area contributed by atoms with Crippen molar-refractivity contribution in [3.05, 3.63) is 70.6 Å². The van der Waals surface area contributed by atoms with Crippen LogP contribution in [0.1, 0.15) is 27.7 Å². The molecule has 4 nitrogen and oxygen atoms in total. The second-order valence-electron chi connectivity index (χ2n) is 8.32.